The lowest BCUT2D eigenvalue weighted by Crippen LogP contribution is -2.30. The van der Waals surface area contributed by atoms with Crippen LogP contribution in [-0.4, -0.2) is 35.2 Å². The maximum Gasteiger partial charge on any atom is 0.306 e. The van der Waals surface area contributed by atoms with Gasteiger partial charge >= 0.3 is 5.97 Å². The van der Waals surface area contributed by atoms with Crippen molar-refractivity contribution >= 4 is 11.9 Å². The molecule has 5 heteroatoms. The Morgan fingerprint density at radius 2 is 1.93 bits per heavy atom. The standard InChI is InChI=1S/C10H17NO4/c12-5-1-4-11-9(13)7-2-3-8(6-7)10(14)15/h7-8,12H,1-6H2,(H,11,13)(H,14,15). The Morgan fingerprint density at radius 3 is 2.47 bits per heavy atom. The van der Waals surface area contributed by atoms with E-state index < -0.39 is 5.97 Å². The Morgan fingerprint density at radius 1 is 1.27 bits per heavy atom. The van der Waals surface area contributed by atoms with Gasteiger partial charge in [-0.25, -0.2) is 0 Å². The van der Waals surface area contributed by atoms with E-state index in [0.29, 0.717) is 32.2 Å². The first-order chi connectivity index (χ1) is 7.15. The van der Waals surface area contributed by atoms with Crippen LogP contribution in [0, 0.1) is 11.8 Å². The van der Waals surface area contributed by atoms with Gasteiger partial charge in [0.25, 0.3) is 0 Å². The molecule has 0 radical (unpaired) electrons. The van der Waals surface area contributed by atoms with E-state index in [1.165, 1.54) is 0 Å². The third kappa shape index (κ3) is 3.51. The Labute approximate surface area is 88.5 Å². The molecule has 0 aromatic rings. The van der Waals surface area contributed by atoms with Gasteiger partial charge in [-0.05, 0) is 25.7 Å². The van der Waals surface area contributed by atoms with Crippen LogP contribution in [0.2, 0.25) is 0 Å². The molecular weight excluding hydrogens is 198 g/mol. The first-order valence-electron chi connectivity index (χ1n) is 5.26. The second-order valence-electron chi connectivity index (χ2n) is 3.91. The highest BCUT2D eigenvalue weighted by molar-refractivity contribution is 5.80. The summed E-state index contributed by atoms with van der Waals surface area (Å²) in [5.74, 6) is -1.41. The largest absolute Gasteiger partial charge is 0.481 e. The quantitative estimate of drug-likeness (QED) is 0.563. The molecular formula is C10H17NO4. The van der Waals surface area contributed by atoms with Gasteiger partial charge in [0.1, 0.15) is 0 Å². The lowest BCUT2D eigenvalue weighted by atomic mass is 10.0. The third-order valence-electron chi connectivity index (χ3n) is 2.79. The molecule has 0 saturated heterocycles. The molecule has 1 rings (SSSR count). The second-order valence-corrected chi connectivity index (χ2v) is 3.91. The predicted molar refractivity (Wildman–Crippen MR) is 53.2 cm³/mol. The third-order valence-corrected chi connectivity index (χ3v) is 2.79. The van der Waals surface area contributed by atoms with E-state index in [1.54, 1.807) is 0 Å². The van der Waals surface area contributed by atoms with Gasteiger partial charge in [0.05, 0.1) is 5.92 Å². The van der Waals surface area contributed by atoms with E-state index in [2.05, 4.69) is 5.32 Å². The summed E-state index contributed by atoms with van der Waals surface area (Å²) in [4.78, 5) is 22.2. The van der Waals surface area contributed by atoms with E-state index in [4.69, 9.17) is 10.2 Å². The van der Waals surface area contributed by atoms with Crippen LogP contribution in [0.3, 0.4) is 0 Å². The molecule has 2 unspecified atom stereocenters. The van der Waals surface area contributed by atoms with Crippen LogP contribution >= 0.6 is 0 Å². The first-order valence-corrected chi connectivity index (χ1v) is 5.26. The van der Waals surface area contributed by atoms with Crippen molar-refractivity contribution in [2.75, 3.05) is 13.2 Å². The molecule has 1 amide bonds. The minimum Gasteiger partial charge on any atom is -0.481 e. The molecule has 1 aliphatic carbocycles. The van der Waals surface area contributed by atoms with Gasteiger partial charge in [-0.15, -0.1) is 0 Å². The van der Waals surface area contributed by atoms with Gasteiger partial charge < -0.3 is 15.5 Å². The molecule has 86 valence electrons. The molecule has 5 nitrogen and oxygen atoms in total. The topological polar surface area (TPSA) is 86.6 Å². The van der Waals surface area contributed by atoms with Crippen LogP contribution in [0.1, 0.15) is 25.7 Å². The summed E-state index contributed by atoms with van der Waals surface area (Å²) in [7, 11) is 0. The lowest BCUT2D eigenvalue weighted by Gasteiger charge is -2.09. The average Bonchev–Trinajstić information content (AvgIpc) is 2.66. The van der Waals surface area contributed by atoms with Crippen LogP contribution in [0.4, 0.5) is 0 Å². The summed E-state index contributed by atoms with van der Waals surface area (Å²) in [6, 6.07) is 0. The number of amides is 1. The fourth-order valence-electron chi connectivity index (χ4n) is 1.88. The average molecular weight is 215 g/mol. The van der Waals surface area contributed by atoms with Crippen molar-refractivity contribution in [3.05, 3.63) is 0 Å². The predicted octanol–water partition coefficient (Wildman–Crippen LogP) is -0.0141. The number of aliphatic hydroxyl groups is 1. The molecule has 1 fully saturated rings. The van der Waals surface area contributed by atoms with Crippen molar-refractivity contribution in [3.8, 4) is 0 Å². The fourth-order valence-corrected chi connectivity index (χ4v) is 1.88. The van der Waals surface area contributed by atoms with Crippen molar-refractivity contribution in [2.24, 2.45) is 11.8 Å². The molecule has 0 bridgehead atoms. The maximum atomic E-state index is 11.5. The monoisotopic (exact) mass is 215 g/mol. The highest BCUT2D eigenvalue weighted by atomic mass is 16.4. The number of carboxylic acids is 1. The van der Waals surface area contributed by atoms with Crippen LogP contribution < -0.4 is 5.32 Å². The number of hydrogen-bond acceptors (Lipinski definition) is 3. The number of nitrogens with one attached hydrogen (secondary N) is 1. The van der Waals surface area contributed by atoms with Gasteiger partial charge in [0.15, 0.2) is 0 Å². The van der Waals surface area contributed by atoms with Gasteiger partial charge in [0, 0.05) is 19.1 Å². The van der Waals surface area contributed by atoms with E-state index in [-0.39, 0.29) is 24.3 Å². The zero-order valence-electron chi connectivity index (χ0n) is 8.61. The normalized spacial score (nSPS) is 25.1. The van der Waals surface area contributed by atoms with Crippen LogP contribution in [0.15, 0.2) is 0 Å². The Hall–Kier alpha value is -1.10. The molecule has 1 saturated carbocycles. The van der Waals surface area contributed by atoms with E-state index >= 15 is 0 Å². The fraction of sp³-hybridized carbons (Fsp3) is 0.800. The minimum absolute atomic E-state index is 0.0582. The van der Waals surface area contributed by atoms with Crippen molar-refractivity contribution in [2.45, 2.75) is 25.7 Å². The number of carbonyl (C=O) groups is 2. The molecule has 0 heterocycles. The van der Waals surface area contributed by atoms with Crippen LogP contribution in [0.25, 0.3) is 0 Å². The molecule has 0 aromatic heterocycles. The number of hydrogen-bond donors (Lipinski definition) is 3. The summed E-state index contributed by atoms with van der Waals surface area (Å²) in [5.41, 5.74) is 0. The van der Waals surface area contributed by atoms with Gasteiger partial charge in [0.2, 0.25) is 5.91 Å². The molecule has 0 spiro atoms. The summed E-state index contributed by atoms with van der Waals surface area (Å²) in [5, 5.41) is 20.0. The van der Waals surface area contributed by atoms with E-state index in [1.807, 2.05) is 0 Å². The number of aliphatic carboxylic acids is 1. The number of carbonyl (C=O) groups excluding carboxylic acids is 1. The molecule has 0 aliphatic heterocycles. The highest BCUT2D eigenvalue weighted by Gasteiger charge is 2.33. The van der Waals surface area contributed by atoms with Gasteiger partial charge in [-0.2, -0.15) is 0 Å². The Kier molecular flexibility index (Phi) is 4.55. The van der Waals surface area contributed by atoms with Crippen molar-refractivity contribution in [3.63, 3.8) is 0 Å². The molecule has 0 aromatic carbocycles. The van der Waals surface area contributed by atoms with E-state index in [9.17, 15) is 9.59 Å². The lowest BCUT2D eigenvalue weighted by molar-refractivity contribution is -0.141. The summed E-state index contributed by atoms with van der Waals surface area (Å²) < 4.78 is 0. The summed E-state index contributed by atoms with van der Waals surface area (Å²) in [6.45, 7) is 0.520. The number of rotatable bonds is 5. The Balaban J connectivity index is 2.27. The van der Waals surface area contributed by atoms with Crippen LogP contribution in [0.5, 0.6) is 0 Å². The van der Waals surface area contributed by atoms with Crippen molar-refractivity contribution in [1.29, 1.82) is 0 Å². The smallest absolute Gasteiger partial charge is 0.306 e. The highest BCUT2D eigenvalue weighted by Crippen LogP contribution is 2.30. The van der Waals surface area contributed by atoms with Gasteiger partial charge in [-0.1, -0.05) is 0 Å². The zero-order chi connectivity index (χ0) is 11.3. The van der Waals surface area contributed by atoms with Gasteiger partial charge in [-0.3, -0.25) is 9.59 Å². The zero-order valence-corrected chi connectivity index (χ0v) is 8.61. The maximum absolute atomic E-state index is 11.5. The summed E-state index contributed by atoms with van der Waals surface area (Å²) in [6.07, 6.45) is 2.23. The first kappa shape index (κ1) is 12.0. The second kappa shape index (κ2) is 5.70. The SMILES string of the molecule is O=C(O)C1CCC(C(=O)NCCCO)C1. The number of carboxylic acid groups (broad SMARTS) is 1. The Bertz CT molecular complexity index is 242. The van der Waals surface area contributed by atoms with Crippen molar-refractivity contribution < 1.29 is 19.8 Å². The molecule has 1 aliphatic rings. The van der Waals surface area contributed by atoms with E-state index in [0.717, 1.165) is 0 Å². The molecule has 2 atom stereocenters. The number of aliphatic hydroxyl groups excluding tert-OH is 1. The minimum atomic E-state index is -0.805. The van der Waals surface area contributed by atoms with Crippen LogP contribution in [-0.2, 0) is 9.59 Å². The summed E-state index contributed by atoms with van der Waals surface area (Å²) >= 11 is 0. The molecule has 3 N–H and O–H groups in total. The van der Waals surface area contributed by atoms with Crippen molar-refractivity contribution in [1.82, 2.24) is 5.32 Å². The molecule has 15 heavy (non-hydrogen) atoms.